The molecule has 0 aliphatic carbocycles. The lowest BCUT2D eigenvalue weighted by Gasteiger charge is -2.26. The van der Waals surface area contributed by atoms with Crippen LogP contribution in [0, 0.1) is 0 Å². The number of nitrogens with zero attached hydrogens (tertiary/aromatic N) is 1. The molecule has 0 amide bonds. The van der Waals surface area contributed by atoms with Crippen LogP contribution in [0.25, 0.3) is 0 Å². The maximum absolute atomic E-state index is 11.3. The lowest BCUT2D eigenvalue weighted by atomic mass is 10.2. The van der Waals surface area contributed by atoms with Crippen molar-refractivity contribution in [2.75, 3.05) is 35.6 Å². The molecule has 1 atom stereocenters. The largest absolute Gasteiger partial charge is 0.491 e. The van der Waals surface area contributed by atoms with E-state index in [0.717, 1.165) is 11.9 Å². The van der Waals surface area contributed by atoms with Crippen LogP contribution in [-0.4, -0.2) is 45.6 Å². The number of halogens is 2. The van der Waals surface area contributed by atoms with Gasteiger partial charge in [-0.1, -0.05) is 29.3 Å². The molecule has 0 heterocycles. The fraction of sp³-hybridized carbons (Fsp3) is 0.333. The van der Waals surface area contributed by atoms with Gasteiger partial charge in [-0.3, -0.25) is 4.72 Å². The number of aliphatic hydroxyl groups excluding tert-OH is 1. The molecule has 0 aliphatic heterocycles. The summed E-state index contributed by atoms with van der Waals surface area (Å²) in [6.07, 6.45) is 0.318. The van der Waals surface area contributed by atoms with Gasteiger partial charge in [0.05, 0.1) is 22.0 Å². The molecule has 0 saturated heterocycles. The smallest absolute Gasteiger partial charge is 0.229 e. The van der Waals surface area contributed by atoms with Crippen LogP contribution < -0.4 is 14.4 Å². The van der Waals surface area contributed by atoms with Crippen molar-refractivity contribution in [2.24, 2.45) is 0 Å². The van der Waals surface area contributed by atoms with Crippen molar-refractivity contribution in [3.8, 4) is 5.75 Å². The first-order valence-electron chi connectivity index (χ1n) is 8.26. The number of hydrogen-bond donors (Lipinski definition) is 2. The normalized spacial score (nSPS) is 12.5. The molecule has 0 fully saturated rings. The molecule has 0 radical (unpaired) electrons. The summed E-state index contributed by atoms with van der Waals surface area (Å²) in [6, 6.07) is 11.8. The van der Waals surface area contributed by atoms with Crippen molar-refractivity contribution < 1.29 is 18.3 Å². The summed E-state index contributed by atoms with van der Waals surface area (Å²) >= 11 is 12.0. The Bertz CT molecular complexity index is 877. The van der Waals surface area contributed by atoms with Gasteiger partial charge < -0.3 is 14.7 Å². The van der Waals surface area contributed by atoms with Crippen LogP contribution >= 0.6 is 23.2 Å². The topological polar surface area (TPSA) is 78.9 Å². The van der Waals surface area contributed by atoms with E-state index in [-0.39, 0.29) is 6.61 Å². The molecule has 27 heavy (non-hydrogen) atoms. The first-order valence-corrected chi connectivity index (χ1v) is 10.9. The number of anilines is 2. The van der Waals surface area contributed by atoms with Crippen molar-refractivity contribution in [1.29, 1.82) is 0 Å². The van der Waals surface area contributed by atoms with E-state index in [1.807, 2.05) is 17.9 Å². The van der Waals surface area contributed by atoms with E-state index < -0.39 is 16.1 Å². The van der Waals surface area contributed by atoms with Crippen molar-refractivity contribution in [2.45, 2.75) is 13.0 Å². The molecule has 9 heteroatoms. The summed E-state index contributed by atoms with van der Waals surface area (Å²) in [6.45, 7) is 3.04. The van der Waals surface area contributed by atoms with E-state index in [4.69, 9.17) is 27.9 Å². The molecule has 0 aromatic heterocycles. The minimum Gasteiger partial charge on any atom is -0.491 e. The van der Waals surface area contributed by atoms with E-state index in [9.17, 15) is 13.5 Å². The van der Waals surface area contributed by atoms with Crippen molar-refractivity contribution >= 4 is 44.6 Å². The molecule has 6 nitrogen and oxygen atoms in total. The average Bonchev–Trinajstić information content (AvgIpc) is 2.59. The number of aliphatic hydroxyl groups is 1. The molecule has 2 aromatic rings. The molecule has 148 valence electrons. The molecule has 2 aromatic carbocycles. The van der Waals surface area contributed by atoms with Crippen LogP contribution in [0.1, 0.15) is 6.92 Å². The van der Waals surface area contributed by atoms with Gasteiger partial charge in [-0.15, -0.1) is 0 Å². The van der Waals surface area contributed by atoms with Gasteiger partial charge in [0.15, 0.2) is 0 Å². The summed E-state index contributed by atoms with van der Waals surface area (Å²) in [5.41, 5.74) is 1.25. The van der Waals surface area contributed by atoms with Crippen LogP contribution in [0.4, 0.5) is 11.4 Å². The van der Waals surface area contributed by atoms with Gasteiger partial charge in [-0.05, 0) is 37.3 Å². The summed E-state index contributed by atoms with van der Waals surface area (Å²) < 4.78 is 30.6. The average molecular weight is 433 g/mol. The maximum atomic E-state index is 11.3. The van der Waals surface area contributed by atoms with E-state index in [2.05, 4.69) is 4.72 Å². The summed E-state index contributed by atoms with van der Waals surface area (Å²) in [5.74, 6) is 0.459. The molecule has 0 spiro atoms. The van der Waals surface area contributed by atoms with E-state index in [1.54, 1.807) is 36.4 Å². The highest BCUT2D eigenvalue weighted by Crippen LogP contribution is 2.27. The first-order chi connectivity index (χ1) is 12.7. The van der Waals surface area contributed by atoms with Gasteiger partial charge in [-0.2, -0.15) is 0 Å². The summed E-state index contributed by atoms with van der Waals surface area (Å²) in [5, 5.41) is 11.2. The van der Waals surface area contributed by atoms with E-state index in [1.165, 1.54) is 0 Å². The van der Waals surface area contributed by atoms with E-state index in [0.29, 0.717) is 34.6 Å². The number of benzene rings is 2. The standard InChI is InChI=1S/C18H22Cl2N2O4S/c1-3-22(14-7-8-17(19)18(20)10-14)11-15(23)12-26-16-6-4-5-13(9-16)21-27(2,24)25/h4-10,15,21,23H,3,11-12H2,1-2H3/t15-/m0/s1. The summed E-state index contributed by atoms with van der Waals surface area (Å²) in [7, 11) is -3.36. The Hall–Kier alpha value is -1.67. The lowest BCUT2D eigenvalue weighted by Crippen LogP contribution is -2.35. The highest BCUT2D eigenvalue weighted by atomic mass is 35.5. The number of sulfonamides is 1. The van der Waals surface area contributed by atoms with Gasteiger partial charge in [0.25, 0.3) is 0 Å². The van der Waals surface area contributed by atoms with Crippen LogP contribution in [0.2, 0.25) is 10.0 Å². The summed E-state index contributed by atoms with van der Waals surface area (Å²) in [4.78, 5) is 1.96. The Morgan fingerprint density at radius 1 is 1.19 bits per heavy atom. The maximum Gasteiger partial charge on any atom is 0.229 e. The Labute approximate surface area is 169 Å². The minimum atomic E-state index is -3.36. The van der Waals surface area contributed by atoms with E-state index >= 15 is 0 Å². The molecule has 0 saturated carbocycles. The zero-order valence-electron chi connectivity index (χ0n) is 15.0. The minimum absolute atomic E-state index is 0.0557. The highest BCUT2D eigenvalue weighted by molar-refractivity contribution is 7.92. The molecular weight excluding hydrogens is 411 g/mol. The SMILES string of the molecule is CCN(C[C@H](O)COc1cccc(NS(C)(=O)=O)c1)c1ccc(Cl)c(Cl)c1. The van der Waals surface area contributed by atoms with Gasteiger partial charge in [0, 0.05) is 24.8 Å². The van der Waals surface area contributed by atoms with Crippen LogP contribution in [0.15, 0.2) is 42.5 Å². The highest BCUT2D eigenvalue weighted by Gasteiger charge is 2.13. The number of likely N-dealkylation sites (N-methyl/N-ethyl adjacent to an activating group) is 1. The lowest BCUT2D eigenvalue weighted by molar-refractivity contribution is 0.112. The van der Waals surface area contributed by atoms with Gasteiger partial charge in [-0.25, -0.2) is 8.42 Å². The number of nitrogens with one attached hydrogen (secondary N) is 1. The molecule has 0 unspecified atom stereocenters. The number of hydrogen-bond acceptors (Lipinski definition) is 5. The Morgan fingerprint density at radius 2 is 1.93 bits per heavy atom. The van der Waals surface area contributed by atoms with Crippen LogP contribution in [0.5, 0.6) is 5.75 Å². The van der Waals surface area contributed by atoms with Crippen molar-refractivity contribution in [3.05, 3.63) is 52.5 Å². The zero-order valence-corrected chi connectivity index (χ0v) is 17.4. The number of ether oxygens (including phenoxy) is 1. The second kappa shape index (κ2) is 9.50. The molecular formula is C18H22Cl2N2O4S. The molecule has 0 aliphatic rings. The molecule has 2 rings (SSSR count). The van der Waals surface area contributed by atoms with Gasteiger partial charge in [0.1, 0.15) is 18.5 Å². The van der Waals surface area contributed by atoms with Crippen LogP contribution in [-0.2, 0) is 10.0 Å². The predicted molar refractivity (Wildman–Crippen MR) is 111 cm³/mol. The monoisotopic (exact) mass is 432 g/mol. The second-order valence-corrected chi connectivity index (χ2v) is 8.57. The fourth-order valence-electron chi connectivity index (χ4n) is 2.46. The Kier molecular flexibility index (Phi) is 7.61. The van der Waals surface area contributed by atoms with Crippen LogP contribution in [0.3, 0.4) is 0 Å². The third-order valence-corrected chi connectivity index (χ3v) is 5.01. The van der Waals surface area contributed by atoms with Gasteiger partial charge in [0.2, 0.25) is 10.0 Å². The Morgan fingerprint density at radius 3 is 2.56 bits per heavy atom. The number of rotatable bonds is 9. The molecule has 0 bridgehead atoms. The van der Waals surface area contributed by atoms with Crippen molar-refractivity contribution in [3.63, 3.8) is 0 Å². The fourth-order valence-corrected chi connectivity index (χ4v) is 3.31. The molecule has 2 N–H and O–H groups in total. The predicted octanol–water partition coefficient (Wildman–Crippen LogP) is 3.63. The van der Waals surface area contributed by atoms with Crippen molar-refractivity contribution in [1.82, 2.24) is 0 Å². The third-order valence-electron chi connectivity index (χ3n) is 3.66. The third kappa shape index (κ3) is 7.10. The zero-order chi connectivity index (χ0) is 20.0. The second-order valence-electron chi connectivity index (χ2n) is 6.00. The Balaban J connectivity index is 1.95. The van der Waals surface area contributed by atoms with Gasteiger partial charge >= 0.3 is 0 Å². The quantitative estimate of drug-likeness (QED) is 0.632. The first kappa shape index (κ1) is 21.6.